The van der Waals surface area contributed by atoms with Crippen LogP contribution in [-0.4, -0.2) is 23.7 Å². The van der Waals surface area contributed by atoms with Crippen molar-refractivity contribution in [3.8, 4) is 0 Å². The number of carbonyl (C=O) groups is 1. The second-order valence-corrected chi connectivity index (χ2v) is 6.37. The van der Waals surface area contributed by atoms with E-state index in [1.54, 1.807) is 0 Å². The fraction of sp³-hybridized carbons (Fsp3) is 0.933. The molecular formula is C15H27NO2. The van der Waals surface area contributed by atoms with Crippen molar-refractivity contribution in [1.29, 1.82) is 0 Å². The van der Waals surface area contributed by atoms with Crippen LogP contribution in [0.1, 0.15) is 64.7 Å². The average molecular weight is 253 g/mol. The topological polar surface area (TPSA) is 49.3 Å². The van der Waals surface area contributed by atoms with E-state index in [1.807, 2.05) is 0 Å². The van der Waals surface area contributed by atoms with Crippen LogP contribution in [0.4, 0.5) is 0 Å². The van der Waals surface area contributed by atoms with Crippen LogP contribution in [0.15, 0.2) is 0 Å². The number of hydrogen-bond acceptors (Lipinski definition) is 2. The van der Waals surface area contributed by atoms with Crippen molar-refractivity contribution in [2.75, 3.05) is 6.54 Å². The van der Waals surface area contributed by atoms with Crippen LogP contribution in [0, 0.1) is 11.3 Å². The normalized spacial score (nSPS) is 30.7. The van der Waals surface area contributed by atoms with E-state index >= 15 is 0 Å². The van der Waals surface area contributed by atoms with Gasteiger partial charge in [-0.15, -0.1) is 0 Å². The maximum atomic E-state index is 10.9. The number of carboxylic acids is 1. The molecule has 0 heterocycles. The second kappa shape index (κ2) is 6.05. The van der Waals surface area contributed by atoms with Crippen molar-refractivity contribution >= 4 is 5.97 Å². The number of rotatable bonds is 6. The molecule has 0 atom stereocenters. The molecule has 0 unspecified atom stereocenters. The van der Waals surface area contributed by atoms with Crippen molar-refractivity contribution < 1.29 is 9.90 Å². The molecule has 0 amide bonds. The zero-order chi connectivity index (χ0) is 13.0. The fourth-order valence-electron chi connectivity index (χ4n) is 3.63. The molecule has 104 valence electrons. The van der Waals surface area contributed by atoms with E-state index < -0.39 is 5.97 Å². The molecule has 18 heavy (non-hydrogen) atoms. The Balaban J connectivity index is 1.70. The molecule has 2 aliphatic rings. The van der Waals surface area contributed by atoms with Gasteiger partial charge in [0.1, 0.15) is 0 Å². The number of nitrogens with one attached hydrogen (secondary N) is 1. The number of carboxylic acid groups (broad SMARTS) is 1. The van der Waals surface area contributed by atoms with E-state index in [0.717, 1.165) is 32.2 Å². The van der Waals surface area contributed by atoms with Crippen LogP contribution >= 0.6 is 0 Å². The fourth-order valence-corrected chi connectivity index (χ4v) is 3.63. The van der Waals surface area contributed by atoms with E-state index in [9.17, 15) is 4.79 Å². The zero-order valence-corrected chi connectivity index (χ0v) is 11.6. The highest BCUT2D eigenvalue weighted by Gasteiger charge is 2.36. The molecule has 0 aromatic carbocycles. The minimum Gasteiger partial charge on any atom is -0.481 e. The minimum atomic E-state index is -0.602. The molecule has 2 rings (SSSR count). The molecule has 0 saturated heterocycles. The van der Waals surface area contributed by atoms with Gasteiger partial charge >= 0.3 is 5.97 Å². The van der Waals surface area contributed by atoms with Gasteiger partial charge in [0.05, 0.1) is 5.92 Å². The highest BCUT2D eigenvalue weighted by Crippen LogP contribution is 2.44. The predicted molar refractivity (Wildman–Crippen MR) is 72.6 cm³/mol. The summed E-state index contributed by atoms with van der Waals surface area (Å²) in [7, 11) is 0. The number of hydrogen-bond donors (Lipinski definition) is 2. The van der Waals surface area contributed by atoms with E-state index in [-0.39, 0.29) is 5.92 Å². The summed E-state index contributed by atoms with van der Waals surface area (Å²) in [6.45, 7) is 3.43. The van der Waals surface area contributed by atoms with Crippen molar-refractivity contribution in [2.24, 2.45) is 11.3 Å². The van der Waals surface area contributed by atoms with Gasteiger partial charge in [0, 0.05) is 12.6 Å². The Morgan fingerprint density at radius 2 is 1.94 bits per heavy atom. The van der Waals surface area contributed by atoms with Crippen LogP contribution in [0.3, 0.4) is 0 Å². The third kappa shape index (κ3) is 3.25. The van der Waals surface area contributed by atoms with Gasteiger partial charge in [-0.25, -0.2) is 0 Å². The average Bonchev–Trinajstić information content (AvgIpc) is 2.33. The first kappa shape index (κ1) is 13.9. The molecular weight excluding hydrogens is 226 g/mol. The Bertz CT molecular complexity index is 278. The third-order valence-electron chi connectivity index (χ3n) is 5.04. The standard InChI is InChI=1S/C15H27NO2/c1-2-8-15(9-3-10-15)11-16-13-6-4-12(5-7-13)14(17)18/h12-13,16H,2-11H2,1H3,(H,17,18). The summed E-state index contributed by atoms with van der Waals surface area (Å²) in [5.74, 6) is -0.689. The summed E-state index contributed by atoms with van der Waals surface area (Å²) in [6.07, 6.45) is 10.6. The van der Waals surface area contributed by atoms with Gasteiger partial charge in [-0.3, -0.25) is 4.79 Å². The maximum absolute atomic E-state index is 10.9. The lowest BCUT2D eigenvalue weighted by Gasteiger charge is -2.43. The Morgan fingerprint density at radius 3 is 2.39 bits per heavy atom. The maximum Gasteiger partial charge on any atom is 0.306 e. The Morgan fingerprint density at radius 1 is 1.28 bits per heavy atom. The lowest BCUT2D eigenvalue weighted by Crippen LogP contribution is -2.45. The van der Waals surface area contributed by atoms with Crippen LogP contribution in [0.5, 0.6) is 0 Å². The first-order chi connectivity index (χ1) is 8.65. The Kier molecular flexibility index (Phi) is 4.66. The van der Waals surface area contributed by atoms with Crippen molar-refractivity contribution in [3.63, 3.8) is 0 Å². The smallest absolute Gasteiger partial charge is 0.306 e. The molecule has 0 aromatic heterocycles. The lowest BCUT2D eigenvalue weighted by atomic mass is 9.66. The molecule has 3 nitrogen and oxygen atoms in total. The van der Waals surface area contributed by atoms with Crippen molar-refractivity contribution in [3.05, 3.63) is 0 Å². The molecule has 3 heteroatoms. The molecule has 2 aliphatic carbocycles. The molecule has 0 aromatic rings. The van der Waals surface area contributed by atoms with Crippen molar-refractivity contribution in [2.45, 2.75) is 70.8 Å². The molecule has 2 saturated carbocycles. The first-order valence-electron chi connectivity index (χ1n) is 7.61. The largest absolute Gasteiger partial charge is 0.481 e. The second-order valence-electron chi connectivity index (χ2n) is 6.37. The highest BCUT2D eigenvalue weighted by molar-refractivity contribution is 5.70. The molecule has 0 aliphatic heterocycles. The van der Waals surface area contributed by atoms with Crippen LogP contribution in [0.25, 0.3) is 0 Å². The van der Waals surface area contributed by atoms with Crippen LogP contribution < -0.4 is 5.32 Å². The summed E-state index contributed by atoms with van der Waals surface area (Å²) < 4.78 is 0. The summed E-state index contributed by atoms with van der Waals surface area (Å²) in [5.41, 5.74) is 0.582. The quantitative estimate of drug-likeness (QED) is 0.764. The number of aliphatic carboxylic acids is 1. The van der Waals surface area contributed by atoms with E-state index in [4.69, 9.17) is 5.11 Å². The van der Waals surface area contributed by atoms with Crippen LogP contribution in [0.2, 0.25) is 0 Å². The molecule has 0 spiro atoms. The minimum absolute atomic E-state index is 0.0867. The van der Waals surface area contributed by atoms with Gasteiger partial charge in [0.25, 0.3) is 0 Å². The van der Waals surface area contributed by atoms with Gasteiger partial charge in [-0.2, -0.15) is 0 Å². The molecule has 2 fully saturated rings. The summed E-state index contributed by atoms with van der Waals surface area (Å²) in [5, 5.41) is 12.7. The Hall–Kier alpha value is -0.570. The van der Waals surface area contributed by atoms with E-state index in [2.05, 4.69) is 12.2 Å². The Labute approximate surface area is 110 Å². The van der Waals surface area contributed by atoms with E-state index in [0.29, 0.717) is 11.5 Å². The van der Waals surface area contributed by atoms with Crippen molar-refractivity contribution in [1.82, 2.24) is 5.32 Å². The lowest BCUT2D eigenvalue weighted by molar-refractivity contribution is -0.142. The highest BCUT2D eigenvalue weighted by atomic mass is 16.4. The van der Waals surface area contributed by atoms with Gasteiger partial charge in [0.15, 0.2) is 0 Å². The van der Waals surface area contributed by atoms with Gasteiger partial charge in [-0.05, 0) is 50.4 Å². The first-order valence-corrected chi connectivity index (χ1v) is 7.61. The molecule has 2 N–H and O–H groups in total. The monoisotopic (exact) mass is 253 g/mol. The third-order valence-corrected chi connectivity index (χ3v) is 5.04. The zero-order valence-electron chi connectivity index (χ0n) is 11.6. The van der Waals surface area contributed by atoms with E-state index in [1.165, 1.54) is 32.1 Å². The molecule has 0 radical (unpaired) electrons. The summed E-state index contributed by atoms with van der Waals surface area (Å²) >= 11 is 0. The SMILES string of the molecule is CCCC1(CNC2CCC(C(=O)O)CC2)CCC1. The summed E-state index contributed by atoms with van der Waals surface area (Å²) in [4.78, 5) is 10.9. The predicted octanol–water partition coefficient (Wildman–Crippen LogP) is 3.19. The van der Waals surface area contributed by atoms with Gasteiger partial charge in [0.2, 0.25) is 0 Å². The molecule has 0 bridgehead atoms. The van der Waals surface area contributed by atoms with Gasteiger partial charge < -0.3 is 10.4 Å². The summed E-state index contributed by atoms with van der Waals surface area (Å²) in [6, 6.07) is 0.565. The van der Waals surface area contributed by atoms with Crippen LogP contribution in [-0.2, 0) is 4.79 Å². The van der Waals surface area contributed by atoms with Gasteiger partial charge in [-0.1, -0.05) is 19.8 Å².